The SMILES string of the molecule is Cc1cc(C)cc(OC(C)C(=O)Nc2cc(N3CCCCC3)ncn2)c1. The van der Waals surface area contributed by atoms with Crippen LogP contribution in [0.5, 0.6) is 5.75 Å². The summed E-state index contributed by atoms with van der Waals surface area (Å²) in [6.07, 6.45) is 4.48. The summed E-state index contributed by atoms with van der Waals surface area (Å²) < 4.78 is 5.79. The lowest BCUT2D eigenvalue weighted by atomic mass is 10.1. The Morgan fingerprint density at radius 1 is 1.08 bits per heavy atom. The zero-order valence-corrected chi connectivity index (χ0v) is 15.7. The highest BCUT2D eigenvalue weighted by molar-refractivity contribution is 5.93. The summed E-state index contributed by atoms with van der Waals surface area (Å²) in [5, 5.41) is 2.83. The lowest BCUT2D eigenvalue weighted by Crippen LogP contribution is -2.32. The summed E-state index contributed by atoms with van der Waals surface area (Å²) >= 11 is 0. The first-order valence-electron chi connectivity index (χ1n) is 9.14. The van der Waals surface area contributed by atoms with Crippen molar-refractivity contribution in [1.29, 1.82) is 0 Å². The molecule has 1 atom stereocenters. The van der Waals surface area contributed by atoms with Gasteiger partial charge in [0.05, 0.1) is 0 Å². The Labute approximate surface area is 154 Å². The number of amides is 1. The van der Waals surface area contributed by atoms with Gasteiger partial charge < -0.3 is 15.0 Å². The van der Waals surface area contributed by atoms with Crippen LogP contribution < -0.4 is 15.0 Å². The normalized spacial score (nSPS) is 15.4. The van der Waals surface area contributed by atoms with Crippen molar-refractivity contribution in [2.45, 2.75) is 46.1 Å². The van der Waals surface area contributed by atoms with Crippen LogP contribution in [0.1, 0.15) is 37.3 Å². The van der Waals surface area contributed by atoms with E-state index in [9.17, 15) is 4.79 Å². The average Bonchev–Trinajstić information content (AvgIpc) is 2.62. The van der Waals surface area contributed by atoms with Gasteiger partial charge in [0.25, 0.3) is 5.91 Å². The van der Waals surface area contributed by atoms with Gasteiger partial charge >= 0.3 is 0 Å². The second-order valence-electron chi connectivity index (χ2n) is 6.88. The van der Waals surface area contributed by atoms with Gasteiger partial charge in [0.1, 0.15) is 23.7 Å². The quantitative estimate of drug-likeness (QED) is 0.890. The second kappa shape index (κ2) is 8.17. The molecule has 1 aromatic heterocycles. The smallest absolute Gasteiger partial charge is 0.266 e. The molecule has 0 aliphatic carbocycles. The van der Waals surface area contributed by atoms with Crippen molar-refractivity contribution in [3.63, 3.8) is 0 Å². The Morgan fingerprint density at radius 3 is 2.46 bits per heavy atom. The fourth-order valence-corrected chi connectivity index (χ4v) is 3.20. The molecule has 1 aliphatic heterocycles. The van der Waals surface area contributed by atoms with E-state index in [2.05, 4.69) is 26.3 Å². The van der Waals surface area contributed by atoms with E-state index in [1.54, 1.807) is 6.92 Å². The standard InChI is InChI=1S/C20H26N4O2/c1-14-9-15(2)11-17(10-14)26-16(3)20(25)23-18-12-19(22-13-21-18)24-7-5-4-6-8-24/h9-13,16H,4-8H2,1-3H3,(H,21,22,23,25). The van der Waals surface area contributed by atoms with Crippen molar-refractivity contribution in [3.05, 3.63) is 41.7 Å². The summed E-state index contributed by atoms with van der Waals surface area (Å²) in [4.78, 5) is 23.2. The van der Waals surface area contributed by atoms with Gasteiger partial charge in [-0.05, 0) is 63.3 Å². The van der Waals surface area contributed by atoms with Crippen LogP contribution in [0.25, 0.3) is 0 Å². The van der Waals surface area contributed by atoms with Gasteiger partial charge in [-0.2, -0.15) is 0 Å². The summed E-state index contributed by atoms with van der Waals surface area (Å²) in [6, 6.07) is 7.75. The van der Waals surface area contributed by atoms with Gasteiger partial charge in [-0.25, -0.2) is 9.97 Å². The van der Waals surface area contributed by atoms with Gasteiger partial charge in [0.15, 0.2) is 6.10 Å². The molecule has 2 aromatic rings. The number of hydrogen-bond acceptors (Lipinski definition) is 5. The van der Waals surface area contributed by atoms with E-state index in [0.29, 0.717) is 11.6 Å². The van der Waals surface area contributed by atoms with Gasteiger partial charge in [-0.1, -0.05) is 6.07 Å². The number of aryl methyl sites for hydroxylation is 2. The Morgan fingerprint density at radius 2 is 1.77 bits per heavy atom. The van der Waals surface area contributed by atoms with Crippen LogP contribution in [-0.2, 0) is 4.79 Å². The molecule has 1 unspecified atom stereocenters. The first-order valence-corrected chi connectivity index (χ1v) is 9.14. The Balaban J connectivity index is 1.63. The van der Waals surface area contributed by atoms with Gasteiger partial charge in [0.2, 0.25) is 0 Å². The summed E-state index contributed by atoms with van der Waals surface area (Å²) in [7, 11) is 0. The fraction of sp³-hybridized carbons (Fsp3) is 0.450. The molecule has 0 spiro atoms. The van der Waals surface area contributed by atoms with Gasteiger partial charge in [-0.15, -0.1) is 0 Å². The molecule has 2 heterocycles. The number of nitrogens with one attached hydrogen (secondary N) is 1. The minimum Gasteiger partial charge on any atom is -0.481 e. The monoisotopic (exact) mass is 354 g/mol. The van der Waals surface area contributed by atoms with Crippen LogP contribution in [0, 0.1) is 13.8 Å². The molecule has 1 fully saturated rings. The number of rotatable bonds is 5. The van der Waals surface area contributed by atoms with E-state index < -0.39 is 6.10 Å². The molecule has 0 saturated carbocycles. The number of anilines is 2. The lowest BCUT2D eigenvalue weighted by molar-refractivity contribution is -0.122. The summed E-state index contributed by atoms with van der Waals surface area (Å²) in [5.74, 6) is 1.83. The Hall–Kier alpha value is -2.63. The summed E-state index contributed by atoms with van der Waals surface area (Å²) in [6.45, 7) is 7.74. The van der Waals surface area contributed by atoms with E-state index in [1.807, 2.05) is 32.0 Å². The number of benzene rings is 1. The molecule has 1 aliphatic rings. The number of aromatic nitrogens is 2. The van der Waals surface area contributed by atoms with E-state index in [0.717, 1.165) is 30.0 Å². The molecule has 26 heavy (non-hydrogen) atoms. The molecule has 3 rings (SSSR count). The number of carbonyl (C=O) groups excluding carboxylic acids is 1. The van der Waals surface area contributed by atoms with E-state index in [-0.39, 0.29) is 5.91 Å². The van der Waals surface area contributed by atoms with Gasteiger partial charge in [0, 0.05) is 19.2 Å². The molecule has 138 valence electrons. The first-order chi connectivity index (χ1) is 12.5. The molecule has 1 aromatic carbocycles. The average molecular weight is 354 g/mol. The van der Waals surface area contributed by atoms with Crippen LogP contribution in [0.4, 0.5) is 11.6 Å². The van der Waals surface area contributed by atoms with Crippen molar-refractivity contribution in [1.82, 2.24) is 9.97 Å². The second-order valence-corrected chi connectivity index (χ2v) is 6.88. The maximum Gasteiger partial charge on any atom is 0.266 e. The third-order valence-electron chi connectivity index (χ3n) is 4.46. The van der Waals surface area contributed by atoms with Crippen molar-refractivity contribution < 1.29 is 9.53 Å². The number of carbonyl (C=O) groups is 1. The van der Waals surface area contributed by atoms with E-state index >= 15 is 0 Å². The highest BCUT2D eigenvalue weighted by Crippen LogP contribution is 2.20. The molecule has 1 N–H and O–H groups in total. The number of hydrogen-bond donors (Lipinski definition) is 1. The Kier molecular flexibility index (Phi) is 5.71. The molecule has 0 bridgehead atoms. The fourth-order valence-electron chi connectivity index (χ4n) is 3.20. The zero-order valence-electron chi connectivity index (χ0n) is 15.7. The highest BCUT2D eigenvalue weighted by atomic mass is 16.5. The molecule has 6 nitrogen and oxygen atoms in total. The molecular formula is C20H26N4O2. The van der Waals surface area contributed by atoms with Crippen LogP contribution >= 0.6 is 0 Å². The third kappa shape index (κ3) is 4.71. The molecule has 6 heteroatoms. The molecular weight excluding hydrogens is 328 g/mol. The lowest BCUT2D eigenvalue weighted by Gasteiger charge is -2.27. The minimum atomic E-state index is -0.621. The highest BCUT2D eigenvalue weighted by Gasteiger charge is 2.17. The van der Waals surface area contributed by atoms with Crippen LogP contribution in [0.15, 0.2) is 30.6 Å². The van der Waals surface area contributed by atoms with Crippen LogP contribution in [-0.4, -0.2) is 35.1 Å². The molecule has 1 amide bonds. The maximum absolute atomic E-state index is 12.5. The predicted octanol–water partition coefficient (Wildman–Crippen LogP) is 3.49. The van der Waals surface area contributed by atoms with E-state index in [4.69, 9.17) is 4.74 Å². The van der Waals surface area contributed by atoms with Crippen LogP contribution in [0.2, 0.25) is 0 Å². The van der Waals surface area contributed by atoms with Crippen molar-refractivity contribution in [2.75, 3.05) is 23.3 Å². The molecule has 1 saturated heterocycles. The zero-order chi connectivity index (χ0) is 18.5. The number of ether oxygens (including phenoxy) is 1. The topological polar surface area (TPSA) is 67.3 Å². The van der Waals surface area contributed by atoms with E-state index in [1.165, 1.54) is 25.6 Å². The Bertz CT molecular complexity index is 752. The third-order valence-corrected chi connectivity index (χ3v) is 4.46. The van der Waals surface area contributed by atoms with Crippen LogP contribution in [0.3, 0.4) is 0 Å². The predicted molar refractivity (Wildman–Crippen MR) is 103 cm³/mol. The minimum absolute atomic E-state index is 0.229. The van der Waals surface area contributed by atoms with Crippen molar-refractivity contribution >= 4 is 17.5 Å². The number of piperidine rings is 1. The van der Waals surface area contributed by atoms with Crippen molar-refractivity contribution in [3.8, 4) is 5.75 Å². The number of nitrogens with zero attached hydrogens (tertiary/aromatic N) is 3. The maximum atomic E-state index is 12.5. The first kappa shape index (κ1) is 18.2. The van der Waals surface area contributed by atoms with Crippen molar-refractivity contribution in [2.24, 2.45) is 0 Å². The largest absolute Gasteiger partial charge is 0.481 e. The molecule has 0 radical (unpaired) electrons. The van der Waals surface area contributed by atoms with Gasteiger partial charge in [-0.3, -0.25) is 4.79 Å². The summed E-state index contributed by atoms with van der Waals surface area (Å²) in [5.41, 5.74) is 2.21.